The lowest BCUT2D eigenvalue weighted by Gasteiger charge is -2.07. The van der Waals surface area contributed by atoms with E-state index >= 15 is 0 Å². The molecule has 7 heteroatoms. The van der Waals surface area contributed by atoms with Crippen molar-refractivity contribution in [1.82, 2.24) is 9.78 Å². The Hall–Kier alpha value is -1.72. The highest BCUT2D eigenvalue weighted by Crippen LogP contribution is 2.25. The smallest absolute Gasteiger partial charge is 0.328 e. The highest BCUT2D eigenvalue weighted by molar-refractivity contribution is 6.42. The van der Waals surface area contributed by atoms with Crippen LogP contribution in [-0.2, 0) is 22.7 Å². The summed E-state index contributed by atoms with van der Waals surface area (Å²) in [5.74, 6) is -0.431. The first-order valence-corrected chi connectivity index (χ1v) is 6.18. The number of benzene rings is 1. The minimum Gasteiger partial charge on any atom is -0.459 e. The van der Waals surface area contributed by atoms with E-state index in [1.807, 2.05) is 0 Å². The van der Waals surface area contributed by atoms with Crippen LogP contribution >= 0.6 is 23.2 Å². The largest absolute Gasteiger partial charge is 0.459 e. The summed E-state index contributed by atoms with van der Waals surface area (Å²) in [6.45, 7) is 0.0599. The van der Waals surface area contributed by atoms with E-state index in [-0.39, 0.29) is 13.2 Å². The third-order valence-electron chi connectivity index (χ3n) is 2.36. The van der Waals surface area contributed by atoms with E-state index in [1.54, 1.807) is 24.4 Å². The van der Waals surface area contributed by atoms with E-state index in [1.165, 1.54) is 10.9 Å². The summed E-state index contributed by atoms with van der Waals surface area (Å²) >= 11 is 11.8. The van der Waals surface area contributed by atoms with Gasteiger partial charge in [0.05, 0.1) is 21.9 Å². The number of carbonyl (C=O) groups excluding carboxylic acids is 1. The molecule has 0 spiro atoms. The lowest BCUT2D eigenvalue weighted by atomic mass is 10.2. The van der Waals surface area contributed by atoms with Crippen molar-refractivity contribution in [2.24, 2.45) is 0 Å². The van der Waals surface area contributed by atoms with Crippen molar-refractivity contribution in [3.63, 3.8) is 0 Å². The summed E-state index contributed by atoms with van der Waals surface area (Å²) in [5.41, 5.74) is 6.63. The van der Waals surface area contributed by atoms with E-state index in [0.717, 1.165) is 0 Å². The number of rotatable bonds is 4. The Morgan fingerprint density at radius 3 is 2.89 bits per heavy atom. The van der Waals surface area contributed by atoms with E-state index in [4.69, 9.17) is 33.7 Å². The van der Waals surface area contributed by atoms with Crippen molar-refractivity contribution in [2.75, 3.05) is 5.73 Å². The third kappa shape index (κ3) is 3.62. The van der Waals surface area contributed by atoms with Crippen LogP contribution in [0.1, 0.15) is 5.56 Å². The minimum absolute atomic E-state index is 0.00458. The predicted molar refractivity (Wildman–Crippen MR) is 72.9 cm³/mol. The number of hydrogen-bond acceptors (Lipinski definition) is 4. The van der Waals surface area contributed by atoms with Crippen molar-refractivity contribution >= 4 is 34.9 Å². The Morgan fingerprint density at radius 1 is 1.42 bits per heavy atom. The monoisotopic (exact) mass is 299 g/mol. The number of aromatic nitrogens is 2. The number of carbonyl (C=O) groups is 1. The Morgan fingerprint density at radius 2 is 2.21 bits per heavy atom. The highest BCUT2D eigenvalue weighted by atomic mass is 35.5. The summed E-state index contributed by atoms with van der Waals surface area (Å²) in [6, 6.07) is 5.15. The molecule has 0 aliphatic heterocycles. The summed E-state index contributed by atoms with van der Waals surface area (Å²) in [5, 5.41) is 4.70. The quantitative estimate of drug-likeness (QED) is 0.881. The first-order chi connectivity index (χ1) is 9.06. The number of anilines is 1. The zero-order chi connectivity index (χ0) is 13.8. The minimum atomic E-state index is -0.431. The molecule has 1 aromatic carbocycles. The van der Waals surface area contributed by atoms with Crippen LogP contribution in [-0.4, -0.2) is 15.7 Å². The lowest BCUT2D eigenvalue weighted by Crippen LogP contribution is -2.14. The van der Waals surface area contributed by atoms with E-state index in [2.05, 4.69) is 5.10 Å². The molecule has 100 valence electrons. The molecule has 0 aliphatic rings. The third-order valence-corrected chi connectivity index (χ3v) is 3.22. The first-order valence-electron chi connectivity index (χ1n) is 5.42. The van der Waals surface area contributed by atoms with Gasteiger partial charge in [-0.1, -0.05) is 35.3 Å². The number of nitrogen functional groups attached to an aromatic ring is 1. The molecule has 0 saturated heterocycles. The standard InChI is InChI=1S/C12H11Cl2N3O2/c13-10-3-1-2-8(12(10)14)7-19-11(18)6-17-5-9(15)4-16-17/h1-5H,6-7,15H2. The van der Waals surface area contributed by atoms with Gasteiger partial charge >= 0.3 is 5.97 Å². The summed E-state index contributed by atoms with van der Waals surface area (Å²) in [6.07, 6.45) is 3.01. The van der Waals surface area contributed by atoms with Crippen molar-refractivity contribution in [3.8, 4) is 0 Å². The molecule has 2 rings (SSSR count). The van der Waals surface area contributed by atoms with Crippen LogP contribution in [0, 0.1) is 0 Å². The Bertz CT molecular complexity index is 598. The molecular weight excluding hydrogens is 289 g/mol. The molecule has 0 unspecified atom stereocenters. The van der Waals surface area contributed by atoms with Gasteiger partial charge in [-0.3, -0.25) is 9.48 Å². The molecule has 0 radical (unpaired) electrons. The molecule has 5 nitrogen and oxygen atoms in total. The fraction of sp³-hybridized carbons (Fsp3) is 0.167. The van der Waals surface area contributed by atoms with Crippen LogP contribution in [0.2, 0.25) is 10.0 Å². The van der Waals surface area contributed by atoms with Gasteiger partial charge < -0.3 is 10.5 Å². The topological polar surface area (TPSA) is 70.1 Å². The molecule has 0 atom stereocenters. The zero-order valence-electron chi connectivity index (χ0n) is 9.85. The van der Waals surface area contributed by atoms with Crippen molar-refractivity contribution < 1.29 is 9.53 Å². The van der Waals surface area contributed by atoms with Crippen LogP contribution in [0.3, 0.4) is 0 Å². The van der Waals surface area contributed by atoms with Gasteiger partial charge in [-0.2, -0.15) is 5.10 Å². The normalized spacial score (nSPS) is 10.4. The molecule has 2 N–H and O–H groups in total. The lowest BCUT2D eigenvalue weighted by molar-refractivity contribution is -0.145. The van der Waals surface area contributed by atoms with E-state index in [9.17, 15) is 4.79 Å². The average Bonchev–Trinajstić information content (AvgIpc) is 2.76. The van der Waals surface area contributed by atoms with Gasteiger partial charge in [0, 0.05) is 11.8 Å². The van der Waals surface area contributed by atoms with Crippen LogP contribution in [0.5, 0.6) is 0 Å². The first kappa shape index (κ1) is 13.7. The SMILES string of the molecule is Nc1cnn(CC(=O)OCc2cccc(Cl)c2Cl)c1. The Kier molecular flexibility index (Phi) is 4.29. The maximum atomic E-state index is 11.6. The van der Waals surface area contributed by atoms with Gasteiger partial charge in [-0.15, -0.1) is 0 Å². The number of nitrogens with zero attached hydrogens (tertiary/aromatic N) is 2. The van der Waals surface area contributed by atoms with Crippen LogP contribution < -0.4 is 5.73 Å². The number of nitrogens with two attached hydrogens (primary N) is 1. The predicted octanol–water partition coefficient (Wildman–Crippen LogP) is 2.52. The van der Waals surface area contributed by atoms with Crippen molar-refractivity contribution in [2.45, 2.75) is 13.2 Å². The van der Waals surface area contributed by atoms with Gasteiger partial charge in [-0.25, -0.2) is 0 Å². The van der Waals surface area contributed by atoms with Gasteiger partial charge in [0.1, 0.15) is 13.2 Å². The summed E-state index contributed by atoms with van der Waals surface area (Å²) in [7, 11) is 0. The van der Waals surface area contributed by atoms with E-state index in [0.29, 0.717) is 21.3 Å². The van der Waals surface area contributed by atoms with Gasteiger partial charge in [0.2, 0.25) is 0 Å². The Balaban J connectivity index is 1.91. The molecule has 1 heterocycles. The van der Waals surface area contributed by atoms with Crippen LogP contribution in [0.15, 0.2) is 30.6 Å². The number of hydrogen-bond donors (Lipinski definition) is 1. The fourth-order valence-corrected chi connectivity index (χ4v) is 1.84. The zero-order valence-corrected chi connectivity index (χ0v) is 11.4. The fourth-order valence-electron chi connectivity index (χ4n) is 1.46. The second-order valence-corrected chi connectivity index (χ2v) is 4.63. The second kappa shape index (κ2) is 5.95. The second-order valence-electron chi connectivity index (χ2n) is 3.84. The molecule has 19 heavy (non-hydrogen) atoms. The van der Waals surface area contributed by atoms with Crippen LogP contribution in [0.4, 0.5) is 5.69 Å². The molecule has 0 bridgehead atoms. The van der Waals surface area contributed by atoms with Crippen molar-refractivity contribution in [1.29, 1.82) is 0 Å². The Labute approximate surface area is 119 Å². The van der Waals surface area contributed by atoms with Crippen LogP contribution in [0.25, 0.3) is 0 Å². The molecule has 0 saturated carbocycles. The molecule has 0 fully saturated rings. The van der Waals surface area contributed by atoms with Gasteiger partial charge in [0.15, 0.2) is 0 Å². The van der Waals surface area contributed by atoms with Crippen molar-refractivity contribution in [3.05, 3.63) is 46.2 Å². The number of esters is 1. The number of halogens is 2. The molecule has 0 amide bonds. The summed E-state index contributed by atoms with van der Waals surface area (Å²) < 4.78 is 6.49. The number of ether oxygens (including phenoxy) is 1. The van der Waals surface area contributed by atoms with Gasteiger partial charge in [0.25, 0.3) is 0 Å². The highest BCUT2D eigenvalue weighted by Gasteiger charge is 2.09. The molecule has 1 aromatic heterocycles. The molecular formula is C12H11Cl2N3O2. The molecule has 2 aromatic rings. The maximum absolute atomic E-state index is 11.6. The molecule has 0 aliphatic carbocycles. The van der Waals surface area contributed by atoms with E-state index < -0.39 is 5.97 Å². The summed E-state index contributed by atoms with van der Waals surface area (Å²) in [4.78, 5) is 11.6. The average molecular weight is 300 g/mol. The maximum Gasteiger partial charge on any atom is 0.328 e. The van der Waals surface area contributed by atoms with Gasteiger partial charge in [-0.05, 0) is 6.07 Å².